The molecule has 18 heavy (non-hydrogen) atoms. The van der Waals surface area contributed by atoms with Gasteiger partial charge in [-0.15, -0.1) is 0 Å². The third kappa shape index (κ3) is 3.62. The first-order valence-corrected chi connectivity index (χ1v) is 5.97. The van der Waals surface area contributed by atoms with Crippen molar-refractivity contribution in [2.45, 2.75) is 10.7 Å². The van der Waals surface area contributed by atoms with Gasteiger partial charge in [0.15, 0.2) is 0 Å². The smallest absolute Gasteiger partial charge is 0.288 e. The van der Waals surface area contributed by atoms with Crippen LogP contribution in [0.15, 0.2) is 12.1 Å². The van der Waals surface area contributed by atoms with Gasteiger partial charge in [-0.1, -0.05) is 46.4 Å². The van der Waals surface area contributed by atoms with Crippen LogP contribution in [0.5, 0.6) is 0 Å². The van der Waals surface area contributed by atoms with Crippen LogP contribution >= 0.6 is 46.4 Å². The summed E-state index contributed by atoms with van der Waals surface area (Å²) in [6, 6.07) is 2.44. The van der Waals surface area contributed by atoms with Crippen LogP contribution in [0.2, 0.25) is 5.02 Å². The molecule has 0 heterocycles. The number of hydrogen-bond donors (Lipinski definition) is 1. The fourth-order valence-corrected chi connectivity index (χ4v) is 1.51. The Morgan fingerprint density at radius 1 is 1.39 bits per heavy atom. The molecule has 1 amide bonds. The van der Waals surface area contributed by atoms with Gasteiger partial charge in [0.2, 0.25) is 0 Å². The molecule has 1 aromatic carbocycles. The molecule has 0 spiro atoms. The number of hydrogen-bond acceptors (Lipinski definition) is 3. The number of aryl methyl sites for hydroxylation is 1. The van der Waals surface area contributed by atoms with E-state index >= 15 is 0 Å². The lowest BCUT2D eigenvalue weighted by molar-refractivity contribution is -0.384. The highest BCUT2D eigenvalue weighted by Crippen LogP contribution is 2.33. The van der Waals surface area contributed by atoms with E-state index in [0.717, 1.165) is 0 Å². The molecule has 0 atom stereocenters. The minimum atomic E-state index is -2.12. The molecule has 98 valence electrons. The molecular weight excluding hydrogens is 326 g/mol. The third-order valence-electron chi connectivity index (χ3n) is 2.00. The van der Waals surface area contributed by atoms with E-state index in [4.69, 9.17) is 46.4 Å². The van der Waals surface area contributed by atoms with Crippen molar-refractivity contribution in [3.63, 3.8) is 0 Å². The molecule has 0 unspecified atom stereocenters. The maximum Gasteiger partial charge on any atom is 0.288 e. The van der Waals surface area contributed by atoms with Crippen LogP contribution in [0.3, 0.4) is 0 Å². The van der Waals surface area contributed by atoms with Crippen LogP contribution < -0.4 is 5.32 Å². The summed E-state index contributed by atoms with van der Waals surface area (Å²) in [5.41, 5.74) is 0.400. The maximum absolute atomic E-state index is 11.4. The fraction of sp³-hybridized carbons (Fsp3) is 0.222. The van der Waals surface area contributed by atoms with Gasteiger partial charge in [0, 0.05) is 11.8 Å². The van der Waals surface area contributed by atoms with Crippen molar-refractivity contribution >= 4 is 63.7 Å². The Morgan fingerprint density at radius 3 is 2.39 bits per heavy atom. The summed E-state index contributed by atoms with van der Waals surface area (Å²) in [4.78, 5) is 21.4. The highest BCUT2D eigenvalue weighted by molar-refractivity contribution is 6.76. The Kier molecular flexibility index (Phi) is 4.66. The lowest BCUT2D eigenvalue weighted by atomic mass is 10.2. The van der Waals surface area contributed by atoms with E-state index in [-0.39, 0.29) is 16.4 Å². The van der Waals surface area contributed by atoms with Gasteiger partial charge < -0.3 is 5.32 Å². The first-order chi connectivity index (χ1) is 8.12. The summed E-state index contributed by atoms with van der Waals surface area (Å²) < 4.78 is -2.12. The molecule has 9 heteroatoms. The minimum absolute atomic E-state index is 0.120. The van der Waals surface area contributed by atoms with Crippen molar-refractivity contribution < 1.29 is 9.72 Å². The van der Waals surface area contributed by atoms with E-state index in [0.29, 0.717) is 5.56 Å². The molecule has 0 aromatic heterocycles. The SMILES string of the molecule is Cc1cc([N+](=O)[O-])c(Cl)cc1NC(=O)C(Cl)(Cl)Cl. The average molecular weight is 332 g/mol. The van der Waals surface area contributed by atoms with E-state index in [1.807, 2.05) is 0 Å². The maximum atomic E-state index is 11.4. The lowest BCUT2D eigenvalue weighted by Crippen LogP contribution is -2.27. The zero-order chi connectivity index (χ0) is 14.1. The minimum Gasteiger partial charge on any atom is -0.322 e. The van der Waals surface area contributed by atoms with Gasteiger partial charge in [-0.2, -0.15) is 0 Å². The molecule has 0 aliphatic heterocycles. The number of halogens is 4. The summed E-state index contributed by atoms with van der Waals surface area (Å²) >= 11 is 21.9. The Bertz CT molecular complexity index is 513. The molecule has 0 bridgehead atoms. The zero-order valence-electron chi connectivity index (χ0n) is 8.84. The van der Waals surface area contributed by atoms with Gasteiger partial charge in [-0.25, -0.2) is 0 Å². The highest BCUT2D eigenvalue weighted by Gasteiger charge is 2.31. The average Bonchev–Trinajstić information content (AvgIpc) is 2.21. The number of nitrogens with one attached hydrogen (secondary N) is 1. The molecule has 0 fully saturated rings. The highest BCUT2D eigenvalue weighted by atomic mass is 35.6. The fourth-order valence-electron chi connectivity index (χ4n) is 1.13. The van der Waals surface area contributed by atoms with E-state index < -0.39 is 14.6 Å². The summed E-state index contributed by atoms with van der Waals surface area (Å²) in [6.45, 7) is 1.55. The molecule has 1 rings (SSSR count). The van der Waals surface area contributed by atoms with E-state index in [9.17, 15) is 14.9 Å². The zero-order valence-corrected chi connectivity index (χ0v) is 11.9. The topological polar surface area (TPSA) is 72.2 Å². The Balaban J connectivity index is 3.10. The van der Waals surface area contributed by atoms with Crippen molar-refractivity contribution in [2.75, 3.05) is 5.32 Å². The molecule has 0 aliphatic rings. The molecule has 1 N–H and O–H groups in total. The molecule has 0 saturated carbocycles. The monoisotopic (exact) mass is 330 g/mol. The van der Waals surface area contributed by atoms with Crippen molar-refractivity contribution in [2.24, 2.45) is 0 Å². The Morgan fingerprint density at radius 2 is 1.94 bits per heavy atom. The van der Waals surface area contributed by atoms with E-state index in [1.165, 1.54) is 12.1 Å². The second-order valence-electron chi connectivity index (χ2n) is 3.33. The second kappa shape index (κ2) is 5.48. The molecular formula is C9H6Cl4N2O3. The van der Waals surface area contributed by atoms with Crippen LogP contribution in [0.25, 0.3) is 0 Å². The first kappa shape index (κ1) is 15.3. The Labute approximate surface area is 122 Å². The lowest BCUT2D eigenvalue weighted by Gasteiger charge is -2.13. The number of rotatable bonds is 2. The summed E-state index contributed by atoms with van der Waals surface area (Å²) in [7, 11) is 0. The van der Waals surface area contributed by atoms with Gasteiger partial charge in [0.25, 0.3) is 15.4 Å². The van der Waals surface area contributed by atoms with Gasteiger partial charge in [-0.3, -0.25) is 14.9 Å². The number of carbonyl (C=O) groups is 1. The number of benzene rings is 1. The first-order valence-electron chi connectivity index (χ1n) is 4.45. The number of alkyl halides is 3. The number of nitro groups is 1. The van der Waals surface area contributed by atoms with Crippen molar-refractivity contribution in [1.82, 2.24) is 0 Å². The van der Waals surface area contributed by atoms with Crippen molar-refractivity contribution in [3.05, 3.63) is 32.8 Å². The second-order valence-corrected chi connectivity index (χ2v) is 6.02. The quantitative estimate of drug-likeness (QED) is 0.508. The standard InChI is InChI=1S/C9H6Cl4N2O3/c1-4-2-7(15(17)18)5(10)3-6(4)14-8(16)9(11,12)13/h2-3H,1H3,(H,14,16). The van der Waals surface area contributed by atoms with E-state index in [2.05, 4.69) is 5.32 Å². The van der Waals surface area contributed by atoms with Gasteiger partial charge in [0.1, 0.15) is 5.02 Å². The summed E-state index contributed by atoms with van der Waals surface area (Å²) in [5, 5.41) is 12.8. The number of amides is 1. The van der Waals surface area contributed by atoms with Crippen LogP contribution in [-0.2, 0) is 4.79 Å². The molecule has 5 nitrogen and oxygen atoms in total. The van der Waals surface area contributed by atoms with Gasteiger partial charge in [0.05, 0.1) is 4.92 Å². The molecule has 1 aromatic rings. The number of anilines is 1. The normalized spacial score (nSPS) is 11.2. The summed E-state index contributed by atoms with van der Waals surface area (Å²) in [5.74, 6) is -0.875. The number of carbonyl (C=O) groups excluding carboxylic acids is 1. The molecule has 0 saturated heterocycles. The number of nitrogens with zero attached hydrogens (tertiary/aromatic N) is 1. The van der Waals surface area contributed by atoms with Gasteiger partial charge in [-0.05, 0) is 18.6 Å². The molecule has 0 aliphatic carbocycles. The van der Waals surface area contributed by atoms with Gasteiger partial charge >= 0.3 is 0 Å². The van der Waals surface area contributed by atoms with Crippen LogP contribution in [-0.4, -0.2) is 14.6 Å². The third-order valence-corrected chi connectivity index (χ3v) is 2.81. The van der Waals surface area contributed by atoms with Crippen LogP contribution in [0, 0.1) is 17.0 Å². The van der Waals surface area contributed by atoms with Crippen LogP contribution in [0.1, 0.15) is 5.56 Å². The Hall–Kier alpha value is -0.750. The largest absolute Gasteiger partial charge is 0.322 e. The molecule has 0 radical (unpaired) electrons. The van der Waals surface area contributed by atoms with Crippen molar-refractivity contribution in [1.29, 1.82) is 0 Å². The van der Waals surface area contributed by atoms with Crippen LogP contribution in [0.4, 0.5) is 11.4 Å². The van der Waals surface area contributed by atoms with E-state index in [1.54, 1.807) is 6.92 Å². The predicted octanol–water partition coefficient (Wildman–Crippen LogP) is 3.87. The van der Waals surface area contributed by atoms with Crippen molar-refractivity contribution in [3.8, 4) is 0 Å². The number of nitro benzene ring substituents is 1. The predicted molar refractivity (Wildman–Crippen MR) is 71.8 cm³/mol. The summed E-state index contributed by atoms with van der Waals surface area (Å²) in [6.07, 6.45) is 0.